The Morgan fingerprint density at radius 3 is 2.75 bits per heavy atom. The van der Waals surface area contributed by atoms with Gasteiger partial charge in [-0.05, 0) is 36.4 Å². The lowest BCUT2D eigenvalue weighted by Gasteiger charge is -2.23. The highest BCUT2D eigenvalue weighted by molar-refractivity contribution is 5.65. The van der Waals surface area contributed by atoms with E-state index in [-0.39, 0.29) is 19.1 Å². The van der Waals surface area contributed by atoms with Crippen LogP contribution in [0.2, 0.25) is 0 Å². The van der Waals surface area contributed by atoms with Gasteiger partial charge in [-0.15, -0.1) is 0 Å². The summed E-state index contributed by atoms with van der Waals surface area (Å²) >= 11 is 0. The van der Waals surface area contributed by atoms with Gasteiger partial charge in [0.2, 0.25) is 5.95 Å². The molecule has 2 aliphatic rings. The molecule has 8 nitrogen and oxygen atoms in total. The van der Waals surface area contributed by atoms with Gasteiger partial charge in [0, 0.05) is 56.0 Å². The number of hydrogen-bond acceptors (Lipinski definition) is 8. The average Bonchev–Trinajstić information content (AvgIpc) is 3.23. The molecule has 186 valence electrons. The highest BCUT2D eigenvalue weighted by Gasteiger charge is 2.38. The maximum absolute atomic E-state index is 13.5. The Kier molecular flexibility index (Phi) is 7.02. The van der Waals surface area contributed by atoms with Crippen molar-refractivity contribution in [2.24, 2.45) is 0 Å². The predicted octanol–water partition coefficient (Wildman–Crippen LogP) is 4.55. The third-order valence-corrected chi connectivity index (χ3v) is 6.22. The number of pyridine rings is 1. The van der Waals surface area contributed by atoms with E-state index in [2.05, 4.69) is 26.3 Å². The fourth-order valence-corrected chi connectivity index (χ4v) is 4.38. The van der Waals surface area contributed by atoms with Crippen LogP contribution in [0.15, 0.2) is 48.8 Å². The van der Waals surface area contributed by atoms with Gasteiger partial charge in [0.25, 0.3) is 5.92 Å². The molecule has 4 heterocycles. The standard InChI is InChI=1S/C26H26F2N6O2/c27-26(28)7-10-34(17-26)16-21-14-20(3-8-30-21)32-25-31-9-4-23(33-25)18-1-2-24(19(13-18)15-29)36-22-5-11-35-12-6-22/h1-4,8-9,13-14,22H,5-7,10-12,16-17H2,(H,30,31,32,33). The number of nitriles is 1. The maximum atomic E-state index is 13.5. The third-order valence-electron chi connectivity index (χ3n) is 6.22. The Bertz CT molecular complexity index is 1260. The highest BCUT2D eigenvalue weighted by atomic mass is 19.3. The van der Waals surface area contributed by atoms with E-state index < -0.39 is 5.92 Å². The fraction of sp³-hybridized carbons (Fsp3) is 0.385. The lowest BCUT2D eigenvalue weighted by Crippen LogP contribution is -2.26. The zero-order valence-corrected chi connectivity index (χ0v) is 19.7. The lowest BCUT2D eigenvalue weighted by atomic mass is 10.1. The first-order valence-corrected chi connectivity index (χ1v) is 11.9. The van der Waals surface area contributed by atoms with Gasteiger partial charge in [0.1, 0.15) is 17.9 Å². The van der Waals surface area contributed by atoms with Gasteiger partial charge in [0.15, 0.2) is 0 Å². The number of rotatable bonds is 7. The molecule has 10 heteroatoms. The van der Waals surface area contributed by atoms with Gasteiger partial charge >= 0.3 is 0 Å². The Balaban J connectivity index is 1.28. The minimum absolute atomic E-state index is 0.0405. The summed E-state index contributed by atoms with van der Waals surface area (Å²) in [7, 11) is 0. The van der Waals surface area contributed by atoms with Crippen LogP contribution in [0.5, 0.6) is 5.75 Å². The number of alkyl halides is 2. The molecule has 1 aromatic carbocycles. The second-order valence-electron chi connectivity index (χ2n) is 9.00. The molecule has 5 rings (SSSR count). The quantitative estimate of drug-likeness (QED) is 0.513. The first-order chi connectivity index (χ1) is 17.5. The van der Waals surface area contributed by atoms with Crippen LogP contribution in [0.3, 0.4) is 0 Å². The summed E-state index contributed by atoms with van der Waals surface area (Å²) in [4.78, 5) is 14.9. The van der Waals surface area contributed by atoms with E-state index in [0.29, 0.717) is 60.6 Å². The van der Waals surface area contributed by atoms with Crippen molar-refractivity contribution in [2.75, 3.05) is 31.6 Å². The monoisotopic (exact) mass is 492 g/mol. The number of anilines is 2. The SMILES string of the molecule is N#Cc1cc(-c2ccnc(Nc3ccnc(CN4CCC(F)(F)C4)c3)n2)ccc1OC1CCOCC1. The second kappa shape index (κ2) is 10.5. The number of nitrogens with one attached hydrogen (secondary N) is 1. The van der Waals surface area contributed by atoms with Crippen molar-refractivity contribution in [3.8, 4) is 23.1 Å². The molecule has 0 unspecified atom stereocenters. The number of ether oxygens (including phenoxy) is 2. The molecular weight excluding hydrogens is 466 g/mol. The van der Waals surface area contributed by atoms with Crippen LogP contribution in [0.4, 0.5) is 20.4 Å². The van der Waals surface area contributed by atoms with Crippen LogP contribution in [-0.2, 0) is 11.3 Å². The van der Waals surface area contributed by atoms with Crippen LogP contribution in [0.25, 0.3) is 11.3 Å². The number of aromatic nitrogens is 3. The maximum Gasteiger partial charge on any atom is 0.261 e. The summed E-state index contributed by atoms with van der Waals surface area (Å²) in [6.07, 6.45) is 4.79. The molecule has 0 saturated carbocycles. The topological polar surface area (TPSA) is 96.2 Å². The van der Waals surface area contributed by atoms with Crippen LogP contribution in [-0.4, -0.2) is 58.2 Å². The average molecular weight is 493 g/mol. The fourth-order valence-electron chi connectivity index (χ4n) is 4.38. The first kappa shape index (κ1) is 24.0. The molecule has 3 aromatic rings. The first-order valence-electron chi connectivity index (χ1n) is 11.9. The van der Waals surface area contributed by atoms with Gasteiger partial charge in [0.05, 0.1) is 36.7 Å². The van der Waals surface area contributed by atoms with Gasteiger partial charge in [-0.3, -0.25) is 9.88 Å². The summed E-state index contributed by atoms with van der Waals surface area (Å²) in [5, 5.41) is 12.8. The molecule has 1 N–H and O–H groups in total. The van der Waals surface area contributed by atoms with Gasteiger partial charge < -0.3 is 14.8 Å². The molecule has 2 aliphatic heterocycles. The Morgan fingerprint density at radius 1 is 1.14 bits per heavy atom. The van der Waals surface area contributed by atoms with Crippen LogP contribution in [0.1, 0.15) is 30.5 Å². The van der Waals surface area contributed by atoms with Gasteiger partial charge in [-0.25, -0.2) is 18.7 Å². The van der Waals surface area contributed by atoms with Crippen molar-refractivity contribution in [3.63, 3.8) is 0 Å². The molecule has 0 spiro atoms. The number of benzene rings is 1. The Labute approximate surface area is 207 Å². The number of likely N-dealkylation sites (tertiary alicyclic amines) is 1. The van der Waals surface area contributed by atoms with E-state index in [4.69, 9.17) is 9.47 Å². The number of halogens is 2. The molecule has 0 bridgehead atoms. The Morgan fingerprint density at radius 2 is 1.97 bits per heavy atom. The van der Waals surface area contributed by atoms with Crippen LogP contribution < -0.4 is 10.1 Å². The normalized spacial score (nSPS) is 18.0. The zero-order chi connectivity index (χ0) is 25.0. The van der Waals surface area contributed by atoms with E-state index in [1.165, 1.54) is 0 Å². The molecule has 2 fully saturated rings. The highest BCUT2D eigenvalue weighted by Crippen LogP contribution is 2.29. The van der Waals surface area contributed by atoms with Gasteiger partial charge in [-0.1, -0.05) is 0 Å². The zero-order valence-electron chi connectivity index (χ0n) is 19.7. The summed E-state index contributed by atoms with van der Waals surface area (Å²) in [6.45, 7) is 1.77. The third kappa shape index (κ3) is 5.93. The lowest BCUT2D eigenvalue weighted by molar-refractivity contribution is 0.0114. The smallest absolute Gasteiger partial charge is 0.261 e. The van der Waals surface area contributed by atoms with E-state index in [1.807, 2.05) is 12.1 Å². The molecule has 0 amide bonds. The minimum Gasteiger partial charge on any atom is -0.489 e. The second-order valence-corrected chi connectivity index (χ2v) is 9.00. The van der Waals surface area contributed by atoms with E-state index >= 15 is 0 Å². The minimum atomic E-state index is -2.63. The molecule has 0 atom stereocenters. The van der Waals surface area contributed by atoms with Gasteiger partial charge in [-0.2, -0.15) is 5.26 Å². The predicted molar refractivity (Wildman–Crippen MR) is 129 cm³/mol. The van der Waals surface area contributed by atoms with E-state index in [1.54, 1.807) is 41.6 Å². The molecule has 36 heavy (non-hydrogen) atoms. The summed E-state index contributed by atoms with van der Waals surface area (Å²) < 4.78 is 38.4. The summed E-state index contributed by atoms with van der Waals surface area (Å²) in [5.41, 5.74) is 3.25. The summed E-state index contributed by atoms with van der Waals surface area (Å²) in [6, 6.07) is 13.0. The van der Waals surface area contributed by atoms with Crippen molar-refractivity contribution < 1.29 is 18.3 Å². The van der Waals surface area contributed by atoms with Crippen LogP contribution >= 0.6 is 0 Å². The van der Waals surface area contributed by atoms with Crippen molar-refractivity contribution >= 4 is 11.6 Å². The van der Waals surface area contributed by atoms with Crippen molar-refractivity contribution in [1.82, 2.24) is 19.9 Å². The molecule has 2 aromatic heterocycles. The molecule has 2 saturated heterocycles. The largest absolute Gasteiger partial charge is 0.489 e. The molecule has 0 aliphatic carbocycles. The Hall–Kier alpha value is -3.68. The van der Waals surface area contributed by atoms with E-state index in [0.717, 1.165) is 18.4 Å². The number of nitrogens with zero attached hydrogens (tertiary/aromatic N) is 5. The van der Waals surface area contributed by atoms with E-state index in [9.17, 15) is 14.0 Å². The van der Waals surface area contributed by atoms with Crippen LogP contribution in [0, 0.1) is 11.3 Å². The van der Waals surface area contributed by atoms with Crippen molar-refractivity contribution in [1.29, 1.82) is 5.26 Å². The molecular formula is C26H26F2N6O2. The summed E-state index contributed by atoms with van der Waals surface area (Å²) in [5.74, 6) is -1.70. The number of hydrogen-bond donors (Lipinski definition) is 1. The molecule has 0 radical (unpaired) electrons. The van der Waals surface area contributed by atoms with Crippen molar-refractivity contribution in [2.45, 2.75) is 37.8 Å². The van der Waals surface area contributed by atoms with Crippen molar-refractivity contribution in [3.05, 3.63) is 60.0 Å².